The Morgan fingerprint density at radius 3 is 2.73 bits per heavy atom. The number of benzene rings is 1. The molecule has 0 bridgehead atoms. The molecule has 0 atom stereocenters. The second-order valence-electron chi connectivity index (χ2n) is 5.82. The molecule has 1 aromatic carbocycles. The zero-order valence-electron chi connectivity index (χ0n) is 12.6. The molecule has 1 amide bonds. The molecule has 2 heterocycles. The lowest BCUT2D eigenvalue weighted by atomic mass is 9.89. The predicted octanol–water partition coefficient (Wildman–Crippen LogP) is 2.52. The largest absolute Gasteiger partial charge is 0.507 e. The molecule has 0 radical (unpaired) electrons. The molecule has 22 heavy (non-hydrogen) atoms. The smallest absolute Gasteiger partial charge is 0.215 e. The number of piperidine rings is 1. The van der Waals surface area contributed by atoms with Crippen LogP contribution in [0.15, 0.2) is 22.6 Å². The van der Waals surface area contributed by atoms with E-state index in [0.717, 1.165) is 43.5 Å². The molecule has 1 aliphatic rings. The Morgan fingerprint density at radius 2 is 2.09 bits per heavy atom. The lowest BCUT2D eigenvalue weighted by Crippen LogP contribution is -2.31. The predicted molar refractivity (Wildman–Crippen MR) is 82.7 cm³/mol. The number of hydrogen-bond acceptors (Lipinski definition) is 4. The SMILES string of the molecule is CCc1cc2c(O)cc(C3CCN(C=O)CC3)cc2oc1=N. The first-order valence-electron chi connectivity index (χ1n) is 7.66. The maximum absolute atomic E-state index is 10.8. The number of aryl methyl sites for hydroxylation is 1. The quantitative estimate of drug-likeness (QED) is 0.855. The first-order valence-corrected chi connectivity index (χ1v) is 7.66. The number of nitrogens with one attached hydrogen (secondary N) is 1. The fourth-order valence-corrected chi connectivity index (χ4v) is 3.11. The van der Waals surface area contributed by atoms with Gasteiger partial charge in [-0.15, -0.1) is 0 Å². The molecule has 2 N–H and O–H groups in total. The van der Waals surface area contributed by atoms with Crippen LogP contribution >= 0.6 is 0 Å². The molecular weight excluding hydrogens is 280 g/mol. The summed E-state index contributed by atoms with van der Waals surface area (Å²) >= 11 is 0. The minimum absolute atomic E-state index is 0.155. The fourth-order valence-electron chi connectivity index (χ4n) is 3.11. The number of hydrogen-bond donors (Lipinski definition) is 2. The summed E-state index contributed by atoms with van der Waals surface area (Å²) in [5, 5.41) is 18.9. The second kappa shape index (κ2) is 5.83. The van der Waals surface area contributed by atoms with Crippen molar-refractivity contribution < 1.29 is 14.3 Å². The maximum Gasteiger partial charge on any atom is 0.215 e. The standard InChI is InChI=1S/C17H20N2O3/c1-2-11-7-14-15(21)8-13(9-16(14)22-17(11)18)12-3-5-19(10-20)6-4-12/h7-10,12,18,21H,2-6H2,1H3. The summed E-state index contributed by atoms with van der Waals surface area (Å²) < 4.78 is 5.58. The van der Waals surface area contributed by atoms with Gasteiger partial charge in [-0.1, -0.05) is 6.92 Å². The zero-order chi connectivity index (χ0) is 15.7. The summed E-state index contributed by atoms with van der Waals surface area (Å²) in [6, 6.07) is 5.55. The average Bonchev–Trinajstić information content (AvgIpc) is 2.54. The van der Waals surface area contributed by atoms with Crippen molar-refractivity contribution >= 4 is 17.4 Å². The molecule has 0 saturated carbocycles. The van der Waals surface area contributed by atoms with Crippen molar-refractivity contribution in [3.05, 3.63) is 34.9 Å². The van der Waals surface area contributed by atoms with Crippen LogP contribution in [0.5, 0.6) is 5.75 Å². The van der Waals surface area contributed by atoms with Crippen molar-refractivity contribution in [3.63, 3.8) is 0 Å². The molecule has 116 valence electrons. The van der Waals surface area contributed by atoms with E-state index in [2.05, 4.69) is 0 Å². The van der Waals surface area contributed by atoms with Crippen LogP contribution in [0.4, 0.5) is 0 Å². The number of phenols is 1. The molecule has 5 nitrogen and oxygen atoms in total. The van der Waals surface area contributed by atoms with E-state index in [4.69, 9.17) is 9.83 Å². The molecule has 0 spiro atoms. The average molecular weight is 300 g/mol. The van der Waals surface area contributed by atoms with Crippen LogP contribution in [-0.2, 0) is 11.2 Å². The van der Waals surface area contributed by atoms with Gasteiger partial charge in [-0.2, -0.15) is 0 Å². The van der Waals surface area contributed by atoms with Crippen LogP contribution in [0, 0.1) is 5.41 Å². The summed E-state index contributed by atoms with van der Waals surface area (Å²) in [5.74, 6) is 0.505. The molecule has 0 unspecified atom stereocenters. The van der Waals surface area contributed by atoms with Gasteiger partial charge in [0.15, 0.2) is 0 Å². The lowest BCUT2D eigenvalue weighted by molar-refractivity contribution is -0.119. The molecule has 1 aromatic heterocycles. The second-order valence-corrected chi connectivity index (χ2v) is 5.82. The zero-order valence-corrected chi connectivity index (χ0v) is 12.6. The first-order chi connectivity index (χ1) is 10.6. The minimum Gasteiger partial charge on any atom is -0.507 e. The normalized spacial score (nSPS) is 16.1. The summed E-state index contributed by atoms with van der Waals surface area (Å²) in [7, 11) is 0. The van der Waals surface area contributed by atoms with Gasteiger partial charge in [0.25, 0.3) is 0 Å². The van der Waals surface area contributed by atoms with Gasteiger partial charge in [-0.25, -0.2) is 0 Å². The Bertz CT molecular complexity index is 758. The van der Waals surface area contributed by atoms with Crippen LogP contribution in [0.25, 0.3) is 11.0 Å². The van der Waals surface area contributed by atoms with E-state index in [9.17, 15) is 9.90 Å². The number of carbonyl (C=O) groups is 1. The molecule has 5 heteroatoms. The third-order valence-corrected chi connectivity index (χ3v) is 4.50. The minimum atomic E-state index is 0.155. The van der Waals surface area contributed by atoms with Crippen LogP contribution in [0.2, 0.25) is 0 Å². The summed E-state index contributed by atoms with van der Waals surface area (Å²) in [6.45, 7) is 3.44. The molecular formula is C17H20N2O3. The number of amides is 1. The van der Waals surface area contributed by atoms with E-state index in [1.807, 2.05) is 19.1 Å². The van der Waals surface area contributed by atoms with Gasteiger partial charge in [0, 0.05) is 18.7 Å². The Hall–Kier alpha value is -2.30. The summed E-state index contributed by atoms with van der Waals surface area (Å²) in [4.78, 5) is 12.6. The number of nitrogens with zero attached hydrogens (tertiary/aromatic N) is 1. The Labute approximate surface area is 128 Å². The van der Waals surface area contributed by atoms with E-state index < -0.39 is 0 Å². The highest BCUT2D eigenvalue weighted by atomic mass is 16.3. The number of fused-ring (bicyclic) bond motifs is 1. The van der Waals surface area contributed by atoms with E-state index >= 15 is 0 Å². The monoisotopic (exact) mass is 300 g/mol. The Balaban J connectivity index is 1.99. The molecule has 1 fully saturated rings. The maximum atomic E-state index is 10.8. The van der Waals surface area contributed by atoms with E-state index in [0.29, 0.717) is 23.3 Å². The highest BCUT2D eigenvalue weighted by Crippen LogP contribution is 2.34. The highest BCUT2D eigenvalue weighted by molar-refractivity contribution is 5.84. The highest BCUT2D eigenvalue weighted by Gasteiger charge is 2.21. The van der Waals surface area contributed by atoms with Crippen molar-refractivity contribution in [3.8, 4) is 5.75 Å². The molecule has 2 aromatic rings. The topological polar surface area (TPSA) is 77.5 Å². The number of aromatic hydroxyl groups is 1. The van der Waals surface area contributed by atoms with Gasteiger partial charge in [0.1, 0.15) is 11.3 Å². The number of rotatable bonds is 3. The Morgan fingerprint density at radius 1 is 1.36 bits per heavy atom. The number of carbonyl (C=O) groups excluding carboxylic acids is 1. The molecule has 1 aliphatic heterocycles. The molecule has 3 rings (SSSR count). The van der Waals surface area contributed by atoms with Crippen molar-refractivity contribution in [2.24, 2.45) is 0 Å². The fraction of sp³-hybridized carbons (Fsp3) is 0.412. The molecule has 1 saturated heterocycles. The summed E-state index contributed by atoms with van der Waals surface area (Å²) in [5.41, 5.74) is 2.51. The third kappa shape index (κ3) is 2.58. The van der Waals surface area contributed by atoms with Gasteiger partial charge in [-0.3, -0.25) is 10.2 Å². The van der Waals surface area contributed by atoms with Gasteiger partial charge < -0.3 is 14.4 Å². The van der Waals surface area contributed by atoms with Crippen LogP contribution in [0.1, 0.15) is 36.8 Å². The van der Waals surface area contributed by atoms with E-state index in [1.165, 1.54) is 0 Å². The lowest BCUT2D eigenvalue weighted by Gasteiger charge is -2.29. The molecule has 0 aliphatic carbocycles. The van der Waals surface area contributed by atoms with Crippen molar-refractivity contribution in [1.82, 2.24) is 4.90 Å². The Kier molecular flexibility index (Phi) is 3.88. The third-order valence-electron chi connectivity index (χ3n) is 4.50. The van der Waals surface area contributed by atoms with E-state index in [-0.39, 0.29) is 11.3 Å². The van der Waals surface area contributed by atoms with Crippen molar-refractivity contribution in [2.75, 3.05) is 13.1 Å². The van der Waals surface area contributed by atoms with Gasteiger partial charge in [-0.05, 0) is 48.9 Å². The summed E-state index contributed by atoms with van der Waals surface area (Å²) in [6.07, 6.45) is 3.35. The number of likely N-dealkylation sites (tertiary alicyclic amines) is 1. The van der Waals surface area contributed by atoms with Gasteiger partial charge in [0.05, 0.1) is 5.39 Å². The van der Waals surface area contributed by atoms with Crippen LogP contribution in [0.3, 0.4) is 0 Å². The van der Waals surface area contributed by atoms with Crippen molar-refractivity contribution in [2.45, 2.75) is 32.1 Å². The van der Waals surface area contributed by atoms with Crippen LogP contribution < -0.4 is 5.55 Å². The van der Waals surface area contributed by atoms with Gasteiger partial charge in [0.2, 0.25) is 12.0 Å². The van der Waals surface area contributed by atoms with E-state index in [1.54, 1.807) is 11.0 Å². The van der Waals surface area contributed by atoms with Crippen molar-refractivity contribution in [1.29, 1.82) is 5.41 Å². The first kappa shape index (κ1) is 14.6. The number of phenolic OH excluding ortho intramolecular Hbond substituents is 1. The van der Waals surface area contributed by atoms with Crippen LogP contribution in [-0.4, -0.2) is 29.5 Å². The van der Waals surface area contributed by atoms with Gasteiger partial charge >= 0.3 is 0 Å².